The van der Waals surface area contributed by atoms with E-state index in [0.717, 1.165) is 0 Å². The minimum absolute atomic E-state index is 0.0249. The number of carbonyl (C=O) groups excluding carboxylic acids is 2. The average Bonchev–Trinajstić information content (AvgIpc) is 2.86. The molecule has 1 heterocycles. The second-order valence-electron chi connectivity index (χ2n) is 7.35. The fourth-order valence-corrected chi connectivity index (χ4v) is 3.11. The number of phenols is 1. The van der Waals surface area contributed by atoms with E-state index < -0.39 is 23.1 Å². The van der Waals surface area contributed by atoms with Crippen molar-refractivity contribution >= 4 is 17.4 Å². The van der Waals surface area contributed by atoms with Crippen molar-refractivity contribution in [2.24, 2.45) is 5.41 Å². The molecule has 0 spiro atoms. The maximum Gasteiger partial charge on any atom is 0.294 e. The SMILES string of the molecule is CC(C)(C)C(=O)C1=C(O)C(=O)N(c2ccccc2)C1c1cccc(O)c1. The number of benzene rings is 2. The zero-order valence-electron chi connectivity index (χ0n) is 14.9. The van der Waals surface area contributed by atoms with Crippen molar-refractivity contribution < 1.29 is 19.8 Å². The van der Waals surface area contributed by atoms with Crippen molar-refractivity contribution in [3.8, 4) is 5.75 Å². The summed E-state index contributed by atoms with van der Waals surface area (Å²) >= 11 is 0. The summed E-state index contributed by atoms with van der Waals surface area (Å²) in [6.45, 7) is 5.22. The summed E-state index contributed by atoms with van der Waals surface area (Å²) in [6.07, 6.45) is 0. The summed E-state index contributed by atoms with van der Waals surface area (Å²) in [7, 11) is 0. The maximum atomic E-state index is 13.0. The second kappa shape index (κ2) is 6.33. The lowest BCUT2D eigenvalue weighted by Gasteiger charge is -2.29. The van der Waals surface area contributed by atoms with Gasteiger partial charge in [0, 0.05) is 11.1 Å². The van der Waals surface area contributed by atoms with Gasteiger partial charge in [-0.3, -0.25) is 14.5 Å². The fourth-order valence-electron chi connectivity index (χ4n) is 3.11. The highest BCUT2D eigenvalue weighted by molar-refractivity contribution is 6.17. The third kappa shape index (κ3) is 2.96. The number of anilines is 1. The minimum atomic E-state index is -0.802. The van der Waals surface area contributed by atoms with Crippen LogP contribution >= 0.6 is 0 Å². The molecule has 5 nitrogen and oxygen atoms in total. The zero-order chi connectivity index (χ0) is 19.1. The van der Waals surface area contributed by atoms with E-state index in [1.165, 1.54) is 17.0 Å². The van der Waals surface area contributed by atoms with Gasteiger partial charge in [-0.05, 0) is 29.8 Å². The predicted octanol–water partition coefficient (Wildman–Crippen LogP) is 3.91. The van der Waals surface area contributed by atoms with Gasteiger partial charge < -0.3 is 10.2 Å². The Balaban J connectivity index is 2.22. The van der Waals surface area contributed by atoms with Crippen molar-refractivity contribution in [3.63, 3.8) is 0 Å². The molecule has 2 N–H and O–H groups in total. The highest BCUT2D eigenvalue weighted by Gasteiger charge is 2.46. The summed E-state index contributed by atoms with van der Waals surface area (Å²) < 4.78 is 0. The van der Waals surface area contributed by atoms with Gasteiger partial charge in [0.2, 0.25) is 0 Å². The van der Waals surface area contributed by atoms with Gasteiger partial charge >= 0.3 is 0 Å². The molecule has 26 heavy (non-hydrogen) atoms. The normalized spacial score (nSPS) is 17.7. The molecule has 0 radical (unpaired) electrons. The van der Waals surface area contributed by atoms with Gasteiger partial charge in [-0.1, -0.05) is 51.1 Å². The molecule has 0 bridgehead atoms. The third-order valence-electron chi connectivity index (χ3n) is 4.35. The number of phenolic OH excluding ortho intramolecular Hbond substituents is 1. The molecule has 0 fully saturated rings. The molecule has 1 unspecified atom stereocenters. The first-order valence-electron chi connectivity index (χ1n) is 8.37. The summed E-state index contributed by atoms with van der Waals surface area (Å²) in [5.41, 5.74) is 0.399. The Morgan fingerprint density at radius 3 is 2.23 bits per heavy atom. The molecule has 1 amide bonds. The molecule has 3 rings (SSSR count). The van der Waals surface area contributed by atoms with E-state index in [2.05, 4.69) is 0 Å². The number of aliphatic hydroxyl groups excluding tert-OH is 1. The number of aromatic hydroxyl groups is 1. The molecule has 1 atom stereocenters. The van der Waals surface area contributed by atoms with Gasteiger partial charge in [0.1, 0.15) is 5.75 Å². The van der Waals surface area contributed by atoms with Gasteiger partial charge in [-0.2, -0.15) is 0 Å². The molecular formula is C21H21NO4. The largest absolute Gasteiger partial charge is 0.508 e. The standard InChI is InChI=1S/C21H21NO4/c1-21(2,3)19(25)16-17(13-8-7-11-15(23)12-13)22(20(26)18(16)24)14-9-5-4-6-10-14/h4-12,17,23-24H,1-3H3. The number of ketones is 1. The van der Waals surface area contributed by atoms with Crippen LogP contribution in [0.3, 0.4) is 0 Å². The summed E-state index contributed by atoms with van der Waals surface area (Å²) in [6, 6.07) is 14.5. The number of rotatable bonds is 3. The molecule has 0 aromatic heterocycles. The smallest absolute Gasteiger partial charge is 0.294 e. The molecule has 2 aromatic rings. The minimum Gasteiger partial charge on any atom is -0.508 e. The van der Waals surface area contributed by atoms with Crippen molar-refractivity contribution in [1.82, 2.24) is 0 Å². The van der Waals surface area contributed by atoms with Gasteiger partial charge in [-0.25, -0.2) is 0 Å². The number of para-hydroxylation sites is 1. The van der Waals surface area contributed by atoms with E-state index in [4.69, 9.17) is 0 Å². The Bertz CT molecular complexity index is 894. The van der Waals surface area contributed by atoms with Crippen LogP contribution in [0, 0.1) is 5.41 Å². The first kappa shape index (κ1) is 17.7. The topological polar surface area (TPSA) is 77.8 Å². The van der Waals surface area contributed by atoms with Crippen LogP contribution in [-0.4, -0.2) is 21.9 Å². The number of aliphatic hydroxyl groups is 1. The molecular weight excluding hydrogens is 330 g/mol. The molecule has 134 valence electrons. The number of amides is 1. The van der Waals surface area contributed by atoms with Crippen LogP contribution in [0.15, 0.2) is 65.9 Å². The predicted molar refractivity (Wildman–Crippen MR) is 98.9 cm³/mol. The summed E-state index contributed by atoms with van der Waals surface area (Å²) in [5, 5.41) is 20.4. The van der Waals surface area contributed by atoms with E-state index in [0.29, 0.717) is 11.3 Å². The van der Waals surface area contributed by atoms with E-state index in [1.807, 2.05) is 6.07 Å². The molecule has 1 aliphatic heterocycles. The fraction of sp³-hybridized carbons (Fsp3) is 0.238. The number of nitrogens with zero attached hydrogens (tertiary/aromatic N) is 1. The molecule has 0 aliphatic carbocycles. The number of hydrogen-bond donors (Lipinski definition) is 2. The first-order chi connectivity index (χ1) is 12.2. The van der Waals surface area contributed by atoms with Gasteiger partial charge in [0.05, 0.1) is 11.6 Å². The van der Waals surface area contributed by atoms with Crippen molar-refractivity contribution in [2.45, 2.75) is 26.8 Å². The molecule has 1 aliphatic rings. The van der Waals surface area contributed by atoms with Crippen LogP contribution in [0.4, 0.5) is 5.69 Å². The highest BCUT2D eigenvalue weighted by atomic mass is 16.3. The highest BCUT2D eigenvalue weighted by Crippen LogP contribution is 2.43. The van der Waals surface area contributed by atoms with Crippen LogP contribution in [0.2, 0.25) is 0 Å². The summed E-state index contributed by atoms with van der Waals surface area (Å²) in [5.74, 6) is -1.45. The molecule has 2 aromatic carbocycles. The van der Waals surface area contributed by atoms with Crippen LogP contribution in [0.1, 0.15) is 32.4 Å². The Morgan fingerprint density at radius 2 is 1.65 bits per heavy atom. The van der Waals surface area contributed by atoms with Crippen molar-refractivity contribution in [3.05, 3.63) is 71.5 Å². The van der Waals surface area contributed by atoms with Gasteiger partial charge in [-0.15, -0.1) is 0 Å². The lowest BCUT2D eigenvalue weighted by atomic mass is 9.82. The van der Waals surface area contributed by atoms with Crippen molar-refractivity contribution in [2.75, 3.05) is 4.90 Å². The molecule has 0 saturated heterocycles. The Hall–Kier alpha value is -3.08. The van der Waals surface area contributed by atoms with Crippen LogP contribution in [0.5, 0.6) is 5.75 Å². The second-order valence-corrected chi connectivity index (χ2v) is 7.35. The Kier molecular flexibility index (Phi) is 4.32. The van der Waals surface area contributed by atoms with E-state index >= 15 is 0 Å². The van der Waals surface area contributed by atoms with Gasteiger partial charge in [0.15, 0.2) is 11.5 Å². The van der Waals surface area contributed by atoms with Crippen LogP contribution in [-0.2, 0) is 9.59 Å². The van der Waals surface area contributed by atoms with E-state index in [-0.39, 0.29) is 17.1 Å². The number of carbonyl (C=O) groups is 2. The Labute approximate surface area is 152 Å². The zero-order valence-corrected chi connectivity index (χ0v) is 14.9. The number of Topliss-reactive ketones (excluding diaryl/α,β-unsaturated/α-hetero) is 1. The van der Waals surface area contributed by atoms with Crippen molar-refractivity contribution in [1.29, 1.82) is 0 Å². The van der Waals surface area contributed by atoms with Crippen LogP contribution < -0.4 is 4.90 Å². The molecule has 5 heteroatoms. The quantitative estimate of drug-likeness (QED) is 0.879. The molecule has 0 saturated carbocycles. The average molecular weight is 351 g/mol. The third-order valence-corrected chi connectivity index (χ3v) is 4.35. The monoisotopic (exact) mass is 351 g/mol. The van der Waals surface area contributed by atoms with Gasteiger partial charge in [0.25, 0.3) is 5.91 Å². The first-order valence-corrected chi connectivity index (χ1v) is 8.37. The lowest BCUT2D eigenvalue weighted by molar-refractivity contribution is -0.123. The summed E-state index contributed by atoms with van der Waals surface area (Å²) in [4.78, 5) is 27.2. The van der Waals surface area contributed by atoms with Crippen LogP contribution in [0.25, 0.3) is 0 Å². The number of hydrogen-bond acceptors (Lipinski definition) is 4. The maximum absolute atomic E-state index is 13.0. The van der Waals surface area contributed by atoms with E-state index in [1.54, 1.807) is 57.2 Å². The van der Waals surface area contributed by atoms with E-state index in [9.17, 15) is 19.8 Å². The Morgan fingerprint density at radius 1 is 1.00 bits per heavy atom. The lowest BCUT2D eigenvalue weighted by Crippen LogP contribution is -2.32.